The molecule has 2 saturated heterocycles. The number of fused-ring (bicyclic) bond motifs is 1. The van der Waals surface area contributed by atoms with Crippen molar-refractivity contribution >= 4 is 22.2 Å². The van der Waals surface area contributed by atoms with Crippen LogP contribution in [-0.2, 0) is 47.5 Å². The third kappa shape index (κ3) is 9.03. The van der Waals surface area contributed by atoms with Crippen molar-refractivity contribution in [3.8, 4) is 0 Å². The van der Waals surface area contributed by atoms with Crippen LogP contribution in [0.2, 0.25) is 0 Å². The van der Waals surface area contributed by atoms with Crippen molar-refractivity contribution in [3.63, 3.8) is 0 Å². The Hall–Kier alpha value is -2.55. The maximum atomic E-state index is 12.5. The molecule has 0 radical (unpaired) electrons. The molecule has 1 N–H and O–H groups in total. The number of hydrogen-bond donors (Lipinski definition) is 1. The number of esters is 1. The van der Waals surface area contributed by atoms with Crippen LogP contribution in [0, 0.1) is 0 Å². The summed E-state index contributed by atoms with van der Waals surface area (Å²) < 4.78 is 63.6. The smallest absolute Gasteiger partial charge is 0.407 e. The number of carbonyl (C=O) groups excluding carboxylic acids is 2. The van der Waals surface area contributed by atoms with Crippen molar-refractivity contribution in [2.24, 2.45) is 0 Å². The molecule has 6 unspecified atom stereocenters. The van der Waals surface area contributed by atoms with Crippen molar-refractivity contribution in [1.29, 1.82) is 0 Å². The van der Waals surface area contributed by atoms with Crippen molar-refractivity contribution in [3.05, 3.63) is 48.6 Å². The summed E-state index contributed by atoms with van der Waals surface area (Å²) in [5.41, 5.74) is 0.726. The van der Waals surface area contributed by atoms with E-state index in [0.717, 1.165) is 11.8 Å². The highest BCUT2D eigenvalue weighted by atomic mass is 32.2. The Morgan fingerprint density at radius 2 is 1.92 bits per heavy atom. The minimum atomic E-state index is -3.99. The van der Waals surface area contributed by atoms with Gasteiger partial charge in [-0.05, 0) is 12.8 Å². The van der Waals surface area contributed by atoms with E-state index in [-0.39, 0.29) is 25.8 Å². The number of methoxy groups -OCH3 is 1. The minimum absolute atomic E-state index is 0.0603. The Balaban J connectivity index is 1.77. The first-order valence-electron chi connectivity index (χ1n) is 12.3. The fourth-order valence-corrected chi connectivity index (χ4v) is 4.76. The summed E-state index contributed by atoms with van der Waals surface area (Å²) in [7, 11) is -2.66. The van der Waals surface area contributed by atoms with E-state index in [0.29, 0.717) is 25.7 Å². The van der Waals surface area contributed by atoms with Gasteiger partial charge in [0.2, 0.25) is 0 Å². The van der Waals surface area contributed by atoms with Gasteiger partial charge < -0.3 is 33.7 Å². The van der Waals surface area contributed by atoms with Crippen LogP contribution < -0.4 is 5.32 Å². The molecule has 0 spiro atoms. The Bertz CT molecular complexity index is 1020. The van der Waals surface area contributed by atoms with E-state index in [1.54, 1.807) is 0 Å². The molecule has 0 bridgehead atoms. The van der Waals surface area contributed by atoms with E-state index < -0.39 is 53.1 Å². The second-order valence-corrected chi connectivity index (χ2v) is 10.4. The summed E-state index contributed by atoms with van der Waals surface area (Å²) in [5.74, 6) is -0.290. The quantitative estimate of drug-likeness (QED) is 0.165. The van der Waals surface area contributed by atoms with Crippen LogP contribution in [0.4, 0.5) is 4.79 Å². The fraction of sp³-hybridized carbons (Fsp3) is 0.600. The molecule has 1 amide bonds. The predicted molar refractivity (Wildman–Crippen MR) is 133 cm³/mol. The number of hydrogen-bond acceptors (Lipinski definition) is 11. The zero-order valence-corrected chi connectivity index (χ0v) is 22.3. The maximum absolute atomic E-state index is 12.5. The average molecular weight is 558 g/mol. The number of carbonyl (C=O) groups is 2. The second kappa shape index (κ2) is 14.6. The van der Waals surface area contributed by atoms with Crippen molar-refractivity contribution in [2.75, 3.05) is 33.2 Å². The van der Waals surface area contributed by atoms with Crippen LogP contribution in [0.5, 0.6) is 0 Å². The average Bonchev–Trinajstić information content (AvgIpc) is 2.90. The lowest BCUT2D eigenvalue weighted by atomic mass is 9.95. The first-order valence-corrected chi connectivity index (χ1v) is 14.1. The molecule has 2 aliphatic rings. The van der Waals surface area contributed by atoms with Gasteiger partial charge in [-0.15, -0.1) is 0 Å². The van der Waals surface area contributed by atoms with Gasteiger partial charge in [0.05, 0.1) is 20.0 Å². The Labute approximate surface area is 222 Å². The normalized spacial score (nSPS) is 27.1. The van der Waals surface area contributed by atoms with Crippen LogP contribution in [0.15, 0.2) is 43.0 Å². The molecule has 13 heteroatoms. The summed E-state index contributed by atoms with van der Waals surface area (Å²) in [6, 6.07) is 8.02. The molecule has 212 valence electrons. The summed E-state index contributed by atoms with van der Waals surface area (Å²) in [4.78, 5) is 23.8. The summed E-state index contributed by atoms with van der Waals surface area (Å²) in [6.07, 6.45) is -1.13. The molecule has 0 saturated carbocycles. The lowest BCUT2D eigenvalue weighted by Gasteiger charge is -2.48. The molecule has 12 nitrogen and oxygen atoms in total. The number of benzene rings is 1. The monoisotopic (exact) mass is 557 g/mol. The largest absolute Gasteiger partial charge is 0.469 e. The van der Waals surface area contributed by atoms with Crippen LogP contribution >= 0.6 is 0 Å². The zero-order valence-electron chi connectivity index (χ0n) is 21.5. The highest BCUT2D eigenvalue weighted by Gasteiger charge is 2.53. The van der Waals surface area contributed by atoms with Crippen molar-refractivity contribution in [2.45, 2.75) is 62.6 Å². The molecule has 2 fully saturated rings. The highest BCUT2D eigenvalue weighted by Crippen LogP contribution is 2.36. The van der Waals surface area contributed by atoms with Gasteiger partial charge in [-0.3, -0.25) is 8.98 Å². The first kappa shape index (κ1) is 30.0. The Kier molecular flexibility index (Phi) is 11.5. The van der Waals surface area contributed by atoms with Gasteiger partial charge in [0.1, 0.15) is 31.0 Å². The number of ether oxygens (including phenoxy) is 6. The topological polar surface area (TPSA) is 145 Å². The van der Waals surface area contributed by atoms with Gasteiger partial charge in [0.15, 0.2) is 12.6 Å². The first-order chi connectivity index (χ1) is 18.2. The lowest BCUT2D eigenvalue weighted by Crippen LogP contribution is -2.67. The molecule has 2 heterocycles. The maximum Gasteiger partial charge on any atom is 0.407 e. The minimum Gasteiger partial charge on any atom is -0.469 e. The molecule has 0 aliphatic carbocycles. The van der Waals surface area contributed by atoms with E-state index in [1.807, 2.05) is 30.3 Å². The van der Waals surface area contributed by atoms with E-state index in [2.05, 4.69) is 16.6 Å². The van der Waals surface area contributed by atoms with Gasteiger partial charge in [-0.1, -0.05) is 49.4 Å². The number of amides is 1. The van der Waals surface area contributed by atoms with E-state index >= 15 is 0 Å². The summed E-state index contributed by atoms with van der Waals surface area (Å²) in [5, 5.41) is 2.61. The molecular weight excluding hydrogens is 522 g/mol. The summed E-state index contributed by atoms with van der Waals surface area (Å²) >= 11 is 0. The number of rotatable bonds is 13. The number of alkyl carbamates (subject to hydrolysis) is 1. The van der Waals surface area contributed by atoms with Crippen LogP contribution in [-0.4, -0.2) is 84.3 Å². The lowest BCUT2D eigenvalue weighted by molar-refractivity contribution is -0.340. The van der Waals surface area contributed by atoms with Gasteiger partial charge in [0.25, 0.3) is 10.1 Å². The Morgan fingerprint density at radius 1 is 1.16 bits per heavy atom. The second-order valence-electron chi connectivity index (χ2n) is 8.80. The van der Waals surface area contributed by atoms with E-state index in [9.17, 15) is 18.0 Å². The van der Waals surface area contributed by atoms with Crippen molar-refractivity contribution in [1.82, 2.24) is 5.32 Å². The van der Waals surface area contributed by atoms with Crippen molar-refractivity contribution < 1.29 is 50.6 Å². The van der Waals surface area contributed by atoms with Gasteiger partial charge >= 0.3 is 12.1 Å². The van der Waals surface area contributed by atoms with Crippen LogP contribution in [0.1, 0.15) is 37.5 Å². The fourth-order valence-electron chi connectivity index (χ4n) is 4.13. The van der Waals surface area contributed by atoms with Gasteiger partial charge in [-0.2, -0.15) is 8.42 Å². The third-order valence-electron chi connectivity index (χ3n) is 5.85. The van der Waals surface area contributed by atoms with Crippen LogP contribution in [0.25, 0.3) is 0 Å². The molecule has 1 aromatic rings. The van der Waals surface area contributed by atoms with Gasteiger partial charge in [0, 0.05) is 18.6 Å². The van der Waals surface area contributed by atoms with Crippen LogP contribution in [0.3, 0.4) is 0 Å². The predicted octanol–water partition coefficient (Wildman–Crippen LogP) is 2.20. The number of nitrogens with one attached hydrogen (secondary N) is 1. The standard InChI is InChI=1S/C25H35NO11S/c1-4-14-33-25(28)26-20-22(37-38(3,29)30)21-18(16-34-23(36-21)17-11-7-5-8-12-17)35-24(20)32-15-10-6-9-13-19(27)31-2/h4-5,7-8,11-12,18,20-24H,1,6,9-10,13-16H2,2-3H3,(H,26,28). The Morgan fingerprint density at radius 3 is 2.61 bits per heavy atom. The molecule has 6 atom stereocenters. The molecule has 0 aromatic heterocycles. The zero-order chi connectivity index (χ0) is 27.5. The molecular formula is C25H35NO11S. The van der Waals surface area contributed by atoms with E-state index in [1.165, 1.54) is 13.2 Å². The SMILES string of the molecule is C=CCOC(=O)NC1C(OCCCCCC(=O)OC)OC2COC(c3ccccc3)OC2C1OS(C)(=O)=O. The van der Waals surface area contributed by atoms with Gasteiger partial charge in [-0.25, -0.2) is 4.79 Å². The molecule has 38 heavy (non-hydrogen) atoms. The number of unbranched alkanes of at least 4 members (excludes halogenated alkanes) is 2. The molecule has 2 aliphatic heterocycles. The molecule has 3 rings (SSSR count). The third-order valence-corrected chi connectivity index (χ3v) is 6.42. The highest BCUT2D eigenvalue weighted by molar-refractivity contribution is 7.86. The molecule has 1 aromatic carbocycles. The summed E-state index contributed by atoms with van der Waals surface area (Å²) in [6.45, 7) is 3.73. The van der Waals surface area contributed by atoms with E-state index in [4.69, 9.17) is 27.9 Å².